The van der Waals surface area contributed by atoms with Gasteiger partial charge in [0.05, 0.1) is 11.0 Å². The zero-order valence-corrected chi connectivity index (χ0v) is 17.9. The van der Waals surface area contributed by atoms with Crippen molar-refractivity contribution in [3.8, 4) is 5.75 Å². The van der Waals surface area contributed by atoms with Gasteiger partial charge >= 0.3 is 6.09 Å². The molecule has 10 nitrogen and oxygen atoms in total. The molecule has 0 fully saturated rings. The van der Waals surface area contributed by atoms with Gasteiger partial charge in [-0.3, -0.25) is 15.1 Å². The number of amides is 1. The molecule has 0 bridgehead atoms. The summed E-state index contributed by atoms with van der Waals surface area (Å²) in [7, 11) is 3.16. The molecule has 0 saturated carbocycles. The summed E-state index contributed by atoms with van der Waals surface area (Å²) in [5.41, 5.74) is 1.52. The van der Waals surface area contributed by atoms with Crippen LogP contribution in [0, 0.1) is 10.1 Å². The molecule has 4 rings (SSSR count). The minimum Gasteiger partial charge on any atom is -0.407 e. The van der Waals surface area contributed by atoms with Crippen molar-refractivity contribution in [1.29, 1.82) is 0 Å². The van der Waals surface area contributed by atoms with E-state index in [1.807, 2.05) is 12.1 Å². The van der Waals surface area contributed by atoms with E-state index in [0.717, 1.165) is 5.39 Å². The van der Waals surface area contributed by atoms with Crippen LogP contribution in [0.2, 0.25) is 0 Å². The molecule has 0 aliphatic carbocycles. The van der Waals surface area contributed by atoms with E-state index in [2.05, 4.69) is 20.3 Å². The highest BCUT2D eigenvalue weighted by Crippen LogP contribution is 2.38. The van der Waals surface area contributed by atoms with Crippen LogP contribution in [0.4, 0.5) is 16.4 Å². The summed E-state index contributed by atoms with van der Waals surface area (Å²) in [5.74, 6) is 0.548. The van der Waals surface area contributed by atoms with E-state index < -0.39 is 17.1 Å². The Morgan fingerprint density at radius 2 is 1.79 bits per heavy atom. The van der Waals surface area contributed by atoms with Gasteiger partial charge in [-0.2, -0.15) is 0 Å². The van der Waals surface area contributed by atoms with Crippen molar-refractivity contribution in [2.75, 3.05) is 19.4 Å². The fourth-order valence-corrected chi connectivity index (χ4v) is 3.31. The van der Waals surface area contributed by atoms with Crippen molar-refractivity contribution in [3.63, 3.8) is 0 Å². The maximum atomic E-state index is 12.5. The van der Waals surface area contributed by atoms with Crippen LogP contribution in [0.3, 0.4) is 0 Å². The first-order chi connectivity index (χ1) is 15.9. The molecule has 2 aromatic heterocycles. The SMILES string of the molecule is CN(C)C(=O)Oc1c(C(Nc2ncccn2)c2cccc([N+](=O)[O-])c2)ccc2cccnc12. The lowest BCUT2D eigenvalue weighted by Crippen LogP contribution is -2.26. The second kappa shape index (κ2) is 9.27. The summed E-state index contributed by atoms with van der Waals surface area (Å²) < 4.78 is 5.75. The Morgan fingerprint density at radius 3 is 2.52 bits per heavy atom. The summed E-state index contributed by atoms with van der Waals surface area (Å²) in [5, 5.41) is 15.4. The van der Waals surface area contributed by atoms with Gasteiger partial charge < -0.3 is 15.0 Å². The van der Waals surface area contributed by atoms with Crippen molar-refractivity contribution in [2.24, 2.45) is 0 Å². The van der Waals surface area contributed by atoms with E-state index in [1.165, 1.54) is 17.0 Å². The van der Waals surface area contributed by atoms with Gasteiger partial charge in [0.1, 0.15) is 5.52 Å². The number of benzene rings is 2. The molecular formula is C23H20N6O4. The number of rotatable bonds is 6. The standard InChI is InChI=1S/C23H20N6O4/c1-28(2)23(30)33-21-18(10-9-15-7-4-11-24-20(15)21)19(27-22-25-12-5-13-26-22)16-6-3-8-17(14-16)29(31)32/h3-14,19H,1-2H3,(H,25,26,27). The lowest BCUT2D eigenvalue weighted by molar-refractivity contribution is -0.384. The number of nitrogens with one attached hydrogen (secondary N) is 1. The third kappa shape index (κ3) is 4.69. The first kappa shape index (κ1) is 21.6. The smallest absolute Gasteiger partial charge is 0.407 e. The van der Waals surface area contributed by atoms with E-state index in [0.29, 0.717) is 22.6 Å². The molecule has 0 aliphatic heterocycles. The Hall–Kier alpha value is -4.60. The number of ether oxygens (including phenoxy) is 1. The van der Waals surface area contributed by atoms with E-state index in [-0.39, 0.29) is 11.4 Å². The predicted octanol–water partition coefficient (Wildman–Crippen LogP) is 4.19. The molecule has 4 aromatic rings. The number of non-ortho nitro benzene ring substituents is 1. The molecule has 0 spiro atoms. The van der Waals surface area contributed by atoms with Crippen molar-refractivity contribution in [1.82, 2.24) is 19.9 Å². The summed E-state index contributed by atoms with van der Waals surface area (Å²) in [6.07, 6.45) is 4.18. The second-order valence-corrected chi connectivity index (χ2v) is 7.32. The zero-order chi connectivity index (χ0) is 23.4. The minimum absolute atomic E-state index is 0.0703. The van der Waals surface area contributed by atoms with Gasteiger partial charge in [-0.1, -0.05) is 30.3 Å². The Bertz CT molecular complexity index is 1310. The number of aromatic nitrogens is 3. The molecule has 0 saturated heterocycles. The Labute approximate surface area is 189 Å². The molecule has 2 heterocycles. The van der Waals surface area contributed by atoms with Crippen LogP contribution >= 0.6 is 0 Å². The molecule has 1 N–H and O–H groups in total. The average Bonchev–Trinajstić information content (AvgIpc) is 2.83. The van der Waals surface area contributed by atoms with Crippen LogP contribution in [0.1, 0.15) is 17.2 Å². The van der Waals surface area contributed by atoms with E-state index in [1.54, 1.807) is 63.0 Å². The Morgan fingerprint density at radius 1 is 1.03 bits per heavy atom. The van der Waals surface area contributed by atoms with Gasteiger partial charge in [-0.25, -0.2) is 14.8 Å². The topological polar surface area (TPSA) is 123 Å². The predicted molar refractivity (Wildman–Crippen MR) is 122 cm³/mol. The third-order valence-corrected chi connectivity index (χ3v) is 4.88. The number of anilines is 1. The van der Waals surface area contributed by atoms with Crippen LogP contribution < -0.4 is 10.1 Å². The normalized spacial score (nSPS) is 11.6. The van der Waals surface area contributed by atoms with Crippen molar-refractivity contribution in [3.05, 3.63) is 94.4 Å². The lowest BCUT2D eigenvalue weighted by atomic mass is 9.96. The lowest BCUT2D eigenvalue weighted by Gasteiger charge is -2.23. The quantitative estimate of drug-likeness (QED) is 0.347. The number of carbonyl (C=O) groups is 1. The van der Waals surface area contributed by atoms with Gasteiger partial charge in [0.2, 0.25) is 5.95 Å². The fourth-order valence-electron chi connectivity index (χ4n) is 3.31. The third-order valence-electron chi connectivity index (χ3n) is 4.88. The van der Waals surface area contributed by atoms with Crippen LogP contribution in [-0.2, 0) is 0 Å². The van der Waals surface area contributed by atoms with Crippen LogP contribution in [-0.4, -0.2) is 45.0 Å². The number of hydrogen-bond acceptors (Lipinski definition) is 8. The van der Waals surface area contributed by atoms with Gasteiger partial charge in [0, 0.05) is 55.8 Å². The highest BCUT2D eigenvalue weighted by molar-refractivity contribution is 5.88. The van der Waals surface area contributed by atoms with Gasteiger partial charge in [0.25, 0.3) is 5.69 Å². The van der Waals surface area contributed by atoms with E-state index in [9.17, 15) is 14.9 Å². The molecule has 10 heteroatoms. The van der Waals surface area contributed by atoms with Crippen LogP contribution in [0.25, 0.3) is 10.9 Å². The highest BCUT2D eigenvalue weighted by atomic mass is 16.6. The molecule has 33 heavy (non-hydrogen) atoms. The molecule has 1 atom stereocenters. The molecule has 166 valence electrons. The number of pyridine rings is 1. The summed E-state index contributed by atoms with van der Waals surface area (Å²) in [4.78, 5) is 37.6. The van der Waals surface area contributed by atoms with E-state index >= 15 is 0 Å². The van der Waals surface area contributed by atoms with Gasteiger partial charge in [-0.15, -0.1) is 0 Å². The minimum atomic E-state index is -0.677. The maximum absolute atomic E-state index is 12.5. The molecule has 1 amide bonds. The monoisotopic (exact) mass is 444 g/mol. The highest BCUT2D eigenvalue weighted by Gasteiger charge is 2.25. The number of nitro groups is 1. The summed E-state index contributed by atoms with van der Waals surface area (Å²) in [6.45, 7) is 0. The molecule has 0 aliphatic rings. The summed E-state index contributed by atoms with van der Waals surface area (Å²) >= 11 is 0. The number of nitrogens with zero attached hydrogens (tertiary/aromatic N) is 5. The first-order valence-corrected chi connectivity index (χ1v) is 9.98. The van der Waals surface area contributed by atoms with Crippen LogP contribution in [0.5, 0.6) is 5.75 Å². The van der Waals surface area contributed by atoms with Crippen molar-refractivity contribution in [2.45, 2.75) is 6.04 Å². The van der Waals surface area contributed by atoms with E-state index in [4.69, 9.17) is 4.74 Å². The molecule has 2 aromatic carbocycles. The summed E-state index contributed by atoms with van der Waals surface area (Å²) in [6, 6.07) is 14.5. The maximum Gasteiger partial charge on any atom is 0.414 e. The van der Waals surface area contributed by atoms with Crippen molar-refractivity contribution >= 4 is 28.6 Å². The molecular weight excluding hydrogens is 424 g/mol. The second-order valence-electron chi connectivity index (χ2n) is 7.32. The number of carbonyl (C=O) groups excluding carboxylic acids is 1. The molecule has 0 radical (unpaired) electrons. The first-order valence-electron chi connectivity index (χ1n) is 9.98. The average molecular weight is 444 g/mol. The molecule has 1 unspecified atom stereocenters. The number of nitro benzene ring substituents is 1. The number of hydrogen-bond donors (Lipinski definition) is 1. The largest absolute Gasteiger partial charge is 0.414 e. The van der Waals surface area contributed by atoms with Gasteiger partial charge in [0.15, 0.2) is 5.75 Å². The Kier molecular flexibility index (Phi) is 6.07. The van der Waals surface area contributed by atoms with Crippen LogP contribution in [0.15, 0.2) is 73.2 Å². The van der Waals surface area contributed by atoms with Gasteiger partial charge in [-0.05, 0) is 17.7 Å². The Balaban J connectivity index is 1.92. The number of fused-ring (bicyclic) bond motifs is 1. The van der Waals surface area contributed by atoms with Crippen molar-refractivity contribution < 1.29 is 14.5 Å². The zero-order valence-electron chi connectivity index (χ0n) is 17.9. The fraction of sp³-hybridized carbons (Fsp3) is 0.130.